The van der Waals surface area contributed by atoms with Crippen LogP contribution in [-0.4, -0.2) is 46.1 Å². The van der Waals surface area contributed by atoms with Gasteiger partial charge in [0.1, 0.15) is 17.0 Å². The molecular weight excluding hydrogens is 549 g/mol. The maximum absolute atomic E-state index is 13.4. The van der Waals surface area contributed by atoms with Gasteiger partial charge < -0.3 is 24.9 Å². The molecule has 0 saturated carbocycles. The Labute approximate surface area is 232 Å². The molecule has 8 nitrogen and oxygen atoms in total. The molecule has 3 N–H and O–H groups in total. The smallest absolute Gasteiger partial charge is 0.433 e. The minimum atomic E-state index is -4.64. The van der Waals surface area contributed by atoms with E-state index in [1.54, 1.807) is 35.2 Å². The summed E-state index contributed by atoms with van der Waals surface area (Å²) in [5, 5.41) is 11.7. The molecule has 4 aromatic rings. The van der Waals surface area contributed by atoms with Crippen LogP contribution in [0, 0.1) is 5.92 Å². The molecule has 1 unspecified atom stereocenters. The van der Waals surface area contributed by atoms with Gasteiger partial charge in [-0.3, -0.25) is 4.79 Å². The average molecular weight is 575 g/mol. The van der Waals surface area contributed by atoms with E-state index in [1.165, 1.54) is 19.2 Å². The number of carbonyl (C=O) groups is 1. The van der Waals surface area contributed by atoms with Gasteiger partial charge >= 0.3 is 6.18 Å². The number of aliphatic hydroxyl groups is 1. The molecule has 0 aliphatic carbocycles. The SMILES string of the molecule is COc1ccc(-c2nc(C(=O)N3CCC(C(O)c4ccc(Cl)cc4)CC3)c(CN)o2)c2ccc(C(F)(F)F)nc12. The van der Waals surface area contributed by atoms with Crippen molar-refractivity contribution in [3.63, 3.8) is 0 Å². The summed E-state index contributed by atoms with van der Waals surface area (Å²) in [6, 6.07) is 12.2. The predicted molar refractivity (Wildman–Crippen MR) is 142 cm³/mol. The highest BCUT2D eigenvalue weighted by molar-refractivity contribution is 6.30. The lowest BCUT2D eigenvalue weighted by molar-refractivity contribution is -0.140. The summed E-state index contributed by atoms with van der Waals surface area (Å²) in [4.78, 5) is 23.3. The minimum Gasteiger partial charge on any atom is -0.494 e. The summed E-state index contributed by atoms with van der Waals surface area (Å²) in [6.45, 7) is 0.691. The predicted octanol–water partition coefficient (Wildman–Crippen LogP) is 5.62. The van der Waals surface area contributed by atoms with Crippen LogP contribution in [-0.2, 0) is 12.7 Å². The number of fused-ring (bicyclic) bond motifs is 1. The molecule has 1 aliphatic heterocycles. The van der Waals surface area contributed by atoms with E-state index in [0.717, 1.165) is 11.6 Å². The van der Waals surface area contributed by atoms with Crippen LogP contribution in [0.25, 0.3) is 22.4 Å². The van der Waals surface area contributed by atoms with Gasteiger partial charge in [-0.2, -0.15) is 13.2 Å². The molecule has 0 bridgehead atoms. The summed E-state index contributed by atoms with van der Waals surface area (Å²) in [5.41, 5.74) is 5.94. The fourth-order valence-electron chi connectivity index (χ4n) is 4.97. The second-order valence-electron chi connectivity index (χ2n) is 9.53. The molecule has 1 fully saturated rings. The van der Waals surface area contributed by atoms with Crippen LogP contribution >= 0.6 is 11.6 Å². The first kappa shape index (κ1) is 27.9. The first-order chi connectivity index (χ1) is 19.1. The maximum Gasteiger partial charge on any atom is 0.433 e. The van der Waals surface area contributed by atoms with E-state index in [2.05, 4.69) is 9.97 Å². The summed E-state index contributed by atoms with van der Waals surface area (Å²) in [7, 11) is 1.34. The van der Waals surface area contributed by atoms with Crippen molar-refractivity contribution in [3.8, 4) is 17.2 Å². The van der Waals surface area contributed by atoms with Gasteiger partial charge in [-0.25, -0.2) is 9.97 Å². The number of hydrogen-bond donors (Lipinski definition) is 2. The Morgan fingerprint density at radius 1 is 1.15 bits per heavy atom. The van der Waals surface area contributed by atoms with Crippen molar-refractivity contribution in [2.45, 2.75) is 31.7 Å². The van der Waals surface area contributed by atoms with Crippen LogP contribution in [0.2, 0.25) is 5.02 Å². The zero-order valence-corrected chi connectivity index (χ0v) is 22.2. The summed E-state index contributed by atoms with van der Waals surface area (Å²) >= 11 is 5.95. The van der Waals surface area contributed by atoms with Gasteiger partial charge in [0.2, 0.25) is 5.89 Å². The highest BCUT2D eigenvalue weighted by atomic mass is 35.5. The van der Waals surface area contributed by atoms with E-state index in [4.69, 9.17) is 26.5 Å². The van der Waals surface area contributed by atoms with Crippen LogP contribution in [0.1, 0.15) is 46.5 Å². The van der Waals surface area contributed by atoms with Gasteiger partial charge in [-0.1, -0.05) is 23.7 Å². The number of aromatic nitrogens is 2. The van der Waals surface area contributed by atoms with Crippen molar-refractivity contribution >= 4 is 28.4 Å². The Kier molecular flexibility index (Phi) is 7.72. The molecule has 1 aliphatic rings. The van der Waals surface area contributed by atoms with Gasteiger partial charge in [0, 0.05) is 29.1 Å². The fourth-order valence-corrected chi connectivity index (χ4v) is 5.10. The van der Waals surface area contributed by atoms with Crippen molar-refractivity contribution in [1.82, 2.24) is 14.9 Å². The van der Waals surface area contributed by atoms with Gasteiger partial charge in [0.25, 0.3) is 5.91 Å². The van der Waals surface area contributed by atoms with E-state index >= 15 is 0 Å². The number of oxazole rings is 1. The number of rotatable bonds is 6. The molecule has 1 saturated heterocycles. The number of nitrogens with zero attached hydrogens (tertiary/aromatic N) is 3. The van der Waals surface area contributed by atoms with E-state index in [0.29, 0.717) is 41.9 Å². The van der Waals surface area contributed by atoms with Crippen LogP contribution in [0.5, 0.6) is 5.75 Å². The quantitative estimate of drug-likeness (QED) is 0.307. The molecule has 0 spiro atoms. The standard InChI is InChI=1S/C28H26ClF3N4O4/c1-39-20-8-6-19(18-7-9-22(28(30,31)32)34-23(18)20)26-35-24(21(14-33)40-26)27(38)36-12-10-16(11-13-36)25(37)15-2-4-17(29)5-3-15/h2-9,16,25,37H,10-14,33H2,1H3. The lowest BCUT2D eigenvalue weighted by Gasteiger charge is -2.34. The molecule has 1 atom stereocenters. The van der Waals surface area contributed by atoms with Crippen molar-refractivity contribution < 1.29 is 32.2 Å². The van der Waals surface area contributed by atoms with Gasteiger partial charge in [-0.05, 0) is 60.7 Å². The number of methoxy groups -OCH3 is 1. The summed E-state index contributed by atoms with van der Waals surface area (Å²) in [5.74, 6) is -0.0642. The molecule has 1 amide bonds. The largest absolute Gasteiger partial charge is 0.494 e. The molecule has 210 valence electrons. The number of benzene rings is 2. The highest BCUT2D eigenvalue weighted by Gasteiger charge is 2.34. The third kappa shape index (κ3) is 5.36. The summed E-state index contributed by atoms with van der Waals surface area (Å²) < 4.78 is 51.0. The van der Waals surface area contributed by atoms with Crippen molar-refractivity contribution in [1.29, 1.82) is 0 Å². The lowest BCUT2D eigenvalue weighted by atomic mass is 9.87. The maximum atomic E-state index is 13.4. The zero-order chi connectivity index (χ0) is 28.6. The Balaban J connectivity index is 1.39. The van der Waals surface area contributed by atoms with Crippen LogP contribution in [0.3, 0.4) is 0 Å². The topological polar surface area (TPSA) is 115 Å². The van der Waals surface area contributed by atoms with Crippen LogP contribution in [0.4, 0.5) is 13.2 Å². The van der Waals surface area contributed by atoms with Crippen LogP contribution in [0.15, 0.2) is 52.9 Å². The molecule has 0 radical (unpaired) electrons. The number of alkyl halides is 3. The third-order valence-corrected chi connectivity index (χ3v) is 7.38. The average Bonchev–Trinajstić information content (AvgIpc) is 3.40. The number of nitrogens with two attached hydrogens (primary N) is 1. The first-order valence-corrected chi connectivity index (χ1v) is 13.0. The molecule has 40 heavy (non-hydrogen) atoms. The number of halogens is 4. The summed E-state index contributed by atoms with van der Waals surface area (Å²) in [6.07, 6.45) is -4.16. The number of carbonyl (C=O) groups excluding carboxylic acids is 1. The van der Waals surface area contributed by atoms with Gasteiger partial charge in [0.15, 0.2) is 11.5 Å². The van der Waals surface area contributed by atoms with E-state index in [-0.39, 0.29) is 47.0 Å². The fraction of sp³-hybridized carbons (Fsp3) is 0.321. The lowest BCUT2D eigenvalue weighted by Crippen LogP contribution is -2.40. The number of piperidine rings is 1. The highest BCUT2D eigenvalue weighted by Crippen LogP contribution is 2.37. The number of amides is 1. The number of ether oxygens (including phenoxy) is 1. The van der Waals surface area contributed by atoms with E-state index in [9.17, 15) is 23.1 Å². The molecule has 2 aromatic carbocycles. The second kappa shape index (κ2) is 11.1. The van der Waals surface area contributed by atoms with Crippen LogP contribution < -0.4 is 10.5 Å². The zero-order valence-electron chi connectivity index (χ0n) is 21.4. The number of likely N-dealkylation sites (tertiary alicyclic amines) is 1. The number of pyridine rings is 1. The molecule has 12 heteroatoms. The van der Waals surface area contributed by atoms with Crippen molar-refractivity contribution in [2.75, 3.05) is 20.2 Å². The van der Waals surface area contributed by atoms with Crippen molar-refractivity contribution in [2.24, 2.45) is 11.7 Å². The van der Waals surface area contributed by atoms with E-state index < -0.39 is 18.0 Å². The van der Waals surface area contributed by atoms with Crippen molar-refractivity contribution in [3.05, 3.63) is 76.3 Å². The molecular formula is C28H26ClF3N4O4. The Morgan fingerprint density at radius 2 is 1.85 bits per heavy atom. The Hall–Kier alpha value is -3.67. The Morgan fingerprint density at radius 3 is 2.48 bits per heavy atom. The minimum absolute atomic E-state index is 0.0171. The molecule has 5 rings (SSSR count). The second-order valence-corrected chi connectivity index (χ2v) is 9.96. The molecule has 2 aromatic heterocycles. The first-order valence-electron chi connectivity index (χ1n) is 12.6. The molecule has 3 heterocycles. The normalized spacial score (nSPS) is 15.4. The number of aliphatic hydroxyl groups excluding tert-OH is 1. The van der Waals surface area contributed by atoms with Gasteiger partial charge in [-0.15, -0.1) is 0 Å². The monoisotopic (exact) mass is 574 g/mol. The number of hydrogen-bond acceptors (Lipinski definition) is 7. The van der Waals surface area contributed by atoms with Gasteiger partial charge in [0.05, 0.1) is 19.8 Å². The van der Waals surface area contributed by atoms with E-state index in [1.807, 2.05) is 0 Å². The third-order valence-electron chi connectivity index (χ3n) is 7.13. The Bertz CT molecular complexity index is 1530.